The summed E-state index contributed by atoms with van der Waals surface area (Å²) < 4.78 is 15.5. The number of amides is 1. The molecule has 1 heterocycles. The molecule has 0 aliphatic carbocycles. The largest absolute Gasteiger partial charge is 0.591 e. The second-order valence-electron chi connectivity index (χ2n) is 5.60. The number of hydrogen-bond donors (Lipinski definition) is 0. The van der Waals surface area contributed by atoms with Crippen LogP contribution >= 0.6 is 0 Å². The van der Waals surface area contributed by atoms with Crippen molar-refractivity contribution in [1.29, 1.82) is 0 Å². The molecular formula is C14H22N2O2S. The van der Waals surface area contributed by atoms with Crippen molar-refractivity contribution in [2.45, 2.75) is 38.9 Å². The molecule has 0 N–H and O–H groups in total. The summed E-state index contributed by atoms with van der Waals surface area (Å²) in [5, 5.41) is 0. The van der Waals surface area contributed by atoms with Crippen molar-refractivity contribution in [3.05, 3.63) is 24.4 Å². The zero-order valence-electron chi connectivity index (χ0n) is 12.0. The summed E-state index contributed by atoms with van der Waals surface area (Å²) in [6, 6.07) is 0. The highest BCUT2D eigenvalue weighted by Crippen LogP contribution is 2.21. The van der Waals surface area contributed by atoms with Gasteiger partial charge in [-0.25, -0.2) is 0 Å². The van der Waals surface area contributed by atoms with E-state index in [-0.39, 0.29) is 11.8 Å². The molecule has 106 valence electrons. The minimum Gasteiger partial charge on any atom is -0.591 e. The minimum atomic E-state index is -1.31. The number of allylic oxidation sites excluding steroid dienone is 2. The van der Waals surface area contributed by atoms with Crippen LogP contribution in [0.2, 0.25) is 0 Å². The van der Waals surface area contributed by atoms with Crippen molar-refractivity contribution in [3.8, 4) is 0 Å². The molecule has 1 rings (SSSR count). The molecule has 4 nitrogen and oxygen atoms in total. The van der Waals surface area contributed by atoms with Gasteiger partial charge in [-0.3, -0.25) is 4.79 Å². The molecule has 0 bridgehead atoms. The van der Waals surface area contributed by atoms with Crippen LogP contribution in [0.25, 0.3) is 0 Å². The normalized spacial score (nSPS) is 22.6. The Bertz CT molecular complexity index is 410. The van der Waals surface area contributed by atoms with Crippen LogP contribution in [0, 0.1) is 5.92 Å². The molecule has 0 radical (unpaired) electrons. The smallest absolute Gasteiger partial charge is 0.230 e. The third-order valence-electron chi connectivity index (χ3n) is 2.80. The fourth-order valence-corrected chi connectivity index (χ4v) is 2.13. The topological polar surface area (TPSA) is 55.7 Å². The van der Waals surface area contributed by atoms with E-state index < -0.39 is 16.1 Å². The molecule has 5 heteroatoms. The van der Waals surface area contributed by atoms with Gasteiger partial charge in [0, 0.05) is 12.5 Å². The Morgan fingerprint density at radius 3 is 2.79 bits per heavy atom. The SMILES string of the molecule is C=CCN1C(=O)C(C)CC=C1/C=N/[S@+]([O-])C(C)(C)C. The second-order valence-corrected chi connectivity index (χ2v) is 7.53. The van der Waals surface area contributed by atoms with Crippen LogP contribution in [0.4, 0.5) is 0 Å². The Kier molecular flexibility index (Phi) is 5.38. The lowest BCUT2D eigenvalue weighted by Crippen LogP contribution is -2.38. The van der Waals surface area contributed by atoms with Crippen LogP contribution in [0.3, 0.4) is 0 Å². The van der Waals surface area contributed by atoms with Crippen molar-refractivity contribution in [2.75, 3.05) is 6.54 Å². The number of rotatable bonds is 4. The Morgan fingerprint density at radius 1 is 1.63 bits per heavy atom. The van der Waals surface area contributed by atoms with Gasteiger partial charge >= 0.3 is 0 Å². The van der Waals surface area contributed by atoms with Gasteiger partial charge in [-0.1, -0.05) is 23.5 Å². The fourth-order valence-electron chi connectivity index (χ4n) is 1.61. The molecule has 2 atom stereocenters. The molecule has 0 saturated heterocycles. The van der Waals surface area contributed by atoms with Gasteiger partial charge in [0.2, 0.25) is 5.91 Å². The molecule has 1 aliphatic rings. The van der Waals surface area contributed by atoms with Crippen LogP contribution in [-0.4, -0.2) is 32.9 Å². The van der Waals surface area contributed by atoms with Crippen molar-refractivity contribution in [2.24, 2.45) is 10.3 Å². The van der Waals surface area contributed by atoms with Crippen molar-refractivity contribution in [3.63, 3.8) is 0 Å². The van der Waals surface area contributed by atoms with E-state index in [1.54, 1.807) is 11.0 Å². The van der Waals surface area contributed by atoms with Crippen LogP contribution < -0.4 is 0 Å². The van der Waals surface area contributed by atoms with Crippen LogP contribution in [0.5, 0.6) is 0 Å². The first-order valence-corrected chi connectivity index (χ1v) is 7.46. The maximum atomic E-state index is 12.1. The van der Waals surface area contributed by atoms with Gasteiger partial charge in [-0.15, -0.1) is 6.58 Å². The summed E-state index contributed by atoms with van der Waals surface area (Å²) in [7, 11) is 0. The average Bonchev–Trinajstić information content (AvgIpc) is 2.32. The number of carbonyl (C=O) groups excluding carboxylic acids is 1. The Balaban J connectivity index is 2.88. The van der Waals surface area contributed by atoms with Gasteiger partial charge in [0.15, 0.2) is 0 Å². The standard InChI is InChI=1S/C14H22N2O2S/c1-6-9-16-12(8-7-11(2)13(16)17)10-15-19(18)14(3,4)5/h6,8,10-11H,1,7,9H2,2-5H3/b15-10+/t11?,19-/m1/s1. The lowest BCUT2D eigenvalue weighted by molar-refractivity contribution is -0.132. The Labute approximate surface area is 118 Å². The molecular weight excluding hydrogens is 260 g/mol. The zero-order valence-corrected chi connectivity index (χ0v) is 12.9. The summed E-state index contributed by atoms with van der Waals surface area (Å²) in [4.78, 5) is 13.7. The maximum absolute atomic E-state index is 12.1. The molecule has 1 aliphatic heterocycles. The van der Waals surface area contributed by atoms with E-state index in [0.29, 0.717) is 18.7 Å². The first-order valence-electron chi connectivity index (χ1n) is 6.36. The highest BCUT2D eigenvalue weighted by atomic mass is 32.2. The van der Waals surface area contributed by atoms with Gasteiger partial charge in [-0.2, -0.15) is 0 Å². The van der Waals surface area contributed by atoms with Gasteiger partial charge in [0.05, 0.1) is 5.70 Å². The molecule has 0 aromatic heterocycles. The lowest BCUT2D eigenvalue weighted by atomic mass is 10.0. The highest BCUT2D eigenvalue weighted by molar-refractivity contribution is 7.91. The highest BCUT2D eigenvalue weighted by Gasteiger charge is 2.28. The molecule has 0 saturated carbocycles. The Morgan fingerprint density at radius 2 is 2.26 bits per heavy atom. The summed E-state index contributed by atoms with van der Waals surface area (Å²) in [5.41, 5.74) is 0.709. The molecule has 0 aromatic carbocycles. The molecule has 1 amide bonds. The fraction of sp³-hybridized carbons (Fsp3) is 0.571. The predicted octanol–water partition coefficient (Wildman–Crippen LogP) is 2.46. The number of nitrogens with zero attached hydrogens (tertiary/aromatic N) is 2. The van der Waals surface area contributed by atoms with Gasteiger partial charge in [0.25, 0.3) is 0 Å². The second kappa shape index (κ2) is 6.39. The molecule has 1 unspecified atom stereocenters. The summed E-state index contributed by atoms with van der Waals surface area (Å²) >= 11 is -1.31. The zero-order chi connectivity index (χ0) is 14.6. The molecule has 19 heavy (non-hydrogen) atoms. The van der Waals surface area contributed by atoms with Crippen molar-refractivity contribution in [1.82, 2.24) is 4.90 Å². The lowest BCUT2D eigenvalue weighted by Gasteiger charge is -2.29. The van der Waals surface area contributed by atoms with E-state index in [4.69, 9.17) is 0 Å². The minimum absolute atomic E-state index is 0.0230. The van der Waals surface area contributed by atoms with Gasteiger partial charge < -0.3 is 9.45 Å². The van der Waals surface area contributed by atoms with E-state index in [2.05, 4.69) is 11.0 Å². The van der Waals surface area contributed by atoms with E-state index in [0.717, 1.165) is 0 Å². The first kappa shape index (κ1) is 16.0. The van der Waals surface area contributed by atoms with E-state index in [9.17, 15) is 9.35 Å². The number of carbonyl (C=O) groups is 1. The van der Waals surface area contributed by atoms with Crippen molar-refractivity contribution >= 4 is 23.5 Å². The average molecular weight is 282 g/mol. The quantitative estimate of drug-likeness (QED) is 0.452. The van der Waals surface area contributed by atoms with Crippen molar-refractivity contribution < 1.29 is 9.35 Å². The van der Waals surface area contributed by atoms with Crippen LogP contribution in [-0.2, 0) is 16.2 Å². The molecule has 0 fully saturated rings. The first-order chi connectivity index (χ1) is 8.77. The van der Waals surface area contributed by atoms with Gasteiger partial charge in [-0.05, 0) is 27.2 Å². The van der Waals surface area contributed by atoms with Crippen LogP contribution in [0.1, 0.15) is 34.1 Å². The summed E-state index contributed by atoms with van der Waals surface area (Å²) in [5.74, 6) is 0.0376. The summed E-state index contributed by atoms with van der Waals surface area (Å²) in [6.45, 7) is 11.6. The molecule has 0 spiro atoms. The van der Waals surface area contributed by atoms with E-state index in [1.807, 2.05) is 33.8 Å². The van der Waals surface area contributed by atoms with E-state index in [1.165, 1.54) is 6.21 Å². The predicted molar refractivity (Wildman–Crippen MR) is 80.2 cm³/mol. The van der Waals surface area contributed by atoms with Gasteiger partial charge in [0.1, 0.15) is 22.3 Å². The summed E-state index contributed by atoms with van der Waals surface area (Å²) in [6.07, 6.45) is 5.86. The maximum Gasteiger partial charge on any atom is 0.230 e. The third kappa shape index (κ3) is 4.21. The van der Waals surface area contributed by atoms with Crippen LogP contribution in [0.15, 0.2) is 28.8 Å². The molecule has 0 aromatic rings. The Hall–Kier alpha value is -1.07. The number of hydrogen-bond acceptors (Lipinski definition) is 3. The van der Waals surface area contributed by atoms with E-state index >= 15 is 0 Å². The third-order valence-corrected chi connectivity index (χ3v) is 4.14. The monoisotopic (exact) mass is 282 g/mol.